The molecule has 1 saturated heterocycles. The smallest absolute Gasteiger partial charge is 0.180 e. The zero-order valence-corrected chi connectivity index (χ0v) is 13.3. The molecule has 22 heavy (non-hydrogen) atoms. The predicted octanol–water partition coefficient (Wildman–Crippen LogP) is 3.42. The molecule has 0 spiro atoms. The van der Waals surface area contributed by atoms with E-state index in [0.29, 0.717) is 23.7 Å². The van der Waals surface area contributed by atoms with Crippen LogP contribution in [0.5, 0.6) is 0 Å². The van der Waals surface area contributed by atoms with Crippen molar-refractivity contribution in [1.29, 1.82) is 0 Å². The Morgan fingerprint density at radius 2 is 2.05 bits per heavy atom. The average molecular weight is 300 g/mol. The molecule has 3 rings (SSSR count). The van der Waals surface area contributed by atoms with Crippen molar-refractivity contribution in [2.45, 2.75) is 51.7 Å². The van der Waals surface area contributed by atoms with Crippen LogP contribution < -0.4 is 5.32 Å². The molecule has 0 aromatic carbocycles. The molecule has 2 aromatic rings. The number of fused-ring (bicyclic) bond motifs is 1. The molecule has 0 radical (unpaired) electrons. The van der Waals surface area contributed by atoms with Crippen LogP contribution in [0.2, 0.25) is 0 Å². The highest BCUT2D eigenvalue weighted by atomic mass is 16.5. The fourth-order valence-electron chi connectivity index (χ4n) is 3.25. The minimum absolute atomic E-state index is 0.362. The van der Waals surface area contributed by atoms with E-state index in [1.807, 2.05) is 12.1 Å². The third kappa shape index (κ3) is 3.35. The summed E-state index contributed by atoms with van der Waals surface area (Å²) in [5.41, 5.74) is 1.52. The van der Waals surface area contributed by atoms with Crippen molar-refractivity contribution in [2.75, 3.05) is 11.9 Å². The quantitative estimate of drug-likeness (QED) is 0.916. The van der Waals surface area contributed by atoms with Crippen LogP contribution in [0.15, 0.2) is 24.5 Å². The lowest BCUT2D eigenvalue weighted by Crippen LogP contribution is -2.38. The van der Waals surface area contributed by atoms with Gasteiger partial charge < -0.3 is 10.1 Å². The Balaban J connectivity index is 1.68. The van der Waals surface area contributed by atoms with Gasteiger partial charge in [0.2, 0.25) is 0 Å². The molecule has 5 nitrogen and oxygen atoms in total. The molecule has 1 N–H and O–H groups in total. The Bertz CT molecular complexity index is 614. The van der Waals surface area contributed by atoms with Crippen LogP contribution in [0.3, 0.4) is 0 Å². The van der Waals surface area contributed by atoms with Crippen molar-refractivity contribution in [1.82, 2.24) is 15.0 Å². The summed E-state index contributed by atoms with van der Waals surface area (Å²) in [6, 6.07) is 4.37. The van der Waals surface area contributed by atoms with Crippen molar-refractivity contribution >= 4 is 17.0 Å². The van der Waals surface area contributed by atoms with E-state index in [2.05, 4.69) is 34.1 Å². The summed E-state index contributed by atoms with van der Waals surface area (Å²) in [7, 11) is 0. The lowest BCUT2D eigenvalue weighted by molar-refractivity contribution is -0.0271. The lowest BCUT2D eigenvalue weighted by atomic mass is 9.89. The Kier molecular flexibility index (Phi) is 4.83. The van der Waals surface area contributed by atoms with Gasteiger partial charge in [-0.3, -0.25) is 4.98 Å². The molecule has 1 aliphatic heterocycles. The lowest BCUT2D eigenvalue weighted by Gasteiger charge is -2.34. The van der Waals surface area contributed by atoms with E-state index >= 15 is 0 Å². The molecule has 0 bridgehead atoms. The van der Waals surface area contributed by atoms with Crippen LogP contribution in [-0.4, -0.2) is 33.7 Å². The van der Waals surface area contributed by atoms with Crippen molar-refractivity contribution in [3.63, 3.8) is 0 Å². The molecule has 1 fully saturated rings. The van der Waals surface area contributed by atoms with E-state index in [4.69, 9.17) is 4.74 Å². The Morgan fingerprint density at radius 1 is 1.23 bits per heavy atom. The summed E-state index contributed by atoms with van der Waals surface area (Å²) in [4.78, 5) is 13.1. The molecule has 2 atom stereocenters. The second-order valence-corrected chi connectivity index (χ2v) is 5.95. The summed E-state index contributed by atoms with van der Waals surface area (Å²) in [5.74, 6) is 1.53. The summed E-state index contributed by atoms with van der Waals surface area (Å²) in [5, 5.41) is 3.55. The van der Waals surface area contributed by atoms with Gasteiger partial charge in [-0.2, -0.15) is 0 Å². The SMILES string of the molecule is CCC(CC)C1CC(Nc2ccc3nccnc3n2)CCO1. The second-order valence-electron chi connectivity index (χ2n) is 5.95. The molecular weight excluding hydrogens is 276 g/mol. The van der Waals surface area contributed by atoms with Crippen molar-refractivity contribution in [3.05, 3.63) is 24.5 Å². The van der Waals surface area contributed by atoms with Crippen molar-refractivity contribution in [3.8, 4) is 0 Å². The molecule has 118 valence electrons. The number of nitrogens with zero attached hydrogens (tertiary/aromatic N) is 3. The van der Waals surface area contributed by atoms with Crippen LogP contribution in [0.25, 0.3) is 11.2 Å². The maximum atomic E-state index is 5.98. The van der Waals surface area contributed by atoms with Crippen molar-refractivity contribution in [2.24, 2.45) is 5.92 Å². The van der Waals surface area contributed by atoms with Crippen LogP contribution in [0.1, 0.15) is 39.5 Å². The summed E-state index contributed by atoms with van der Waals surface area (Å²) in [6.07, 6.45) is 8.16. The third-order valence-electron chi connectivity index (χ3n) is 4.57. The van der Waals surface area contributed by atoms with Gasteiger partial charge in [-0.05, 0) is 30.9 Å². The van der Waals surface area contributed by atoms with Crippen LogP contribution in [-0.2, 0) is 4.74 Å². The monoisotopic (exact) mass is 300 g/mol. The van der Waals surface area contributed by atoms with E-state index in [-0.39, 0.29) is 0 Å². The van der Waals surface area contributed by atoms with Gasteiger partial charge in [0.15, 0.2) is 5.65 Å². The van der Waals surface area contributed by atoms with E-state index in [0.717, 1.165) is 30.8 Å². The number of hydrogen-bond donors (Lipinski definition) is 1. The highest BCUT2D eigenvalue weighted by Crippen LogP contribution is 2.26. The third-order valence-corrected chi connectivity index (χ3v) is 4.57. The second kappa shape index (κ2) is 7.01. The van der Waals surface area contributed by atoms with Gasteiger partial charge in [-0.15, -0.1) is 0 Å². The fourth-order valence-corrected chi connectivity index (χ4v) is 3.25. The first kappa shape index (κ1) is 15.2. The molecule has 1 aliphatic rings. The number of nitrogens with one attached hydrogen (secondary N) is 1. The first-order valence-corrected chi connectivity index (χ1v) is 8.26. The Hall–Kier alpha value is -1.75. The largest absolute Gasteiger partial charge is 0.378 e. The van der Waals surface area contributed by atoms with Gasteiger partial charge >= 0.3 is 0 Å². The normalized spacial score (nSPS) is 22.1. The standard InChI is InChI=1S/C17H24N4O/c1-3-12(4-2)15-11-13(7-10-22-15)20-16-6-5-14-17(21-16)19-9-8-18-14/h5-6,8-9,12-13,15H,3-4,7,10-11H2,1-2H3,(H,19,20,21). The van der Waals surface area contributed by atoms with E-state index in [1.165, 1.54) is 12.8 Å². The predicted molar refractivity (Wildman–Crippen MR) is 87.8 cm³/mol. The maximum Gasteiger partial charge on any atom is 0.180 e. The number of ether oxygens (including phenoxy) is 1. The molecule has 3 heterocycles. The topological polar surface area (TPSA) is 59.9 Å². The number of hydrogen-bond acceptors (Lipinski definition) is 5. The van der Waals surface area contributed by atoms with Gasteiger partial charge in [0.25, 0.3) is 0 Å². The molecule has 2 aromatic heterocycles. The van der Waals surface area contributed by atoms with Crippen LogP contribution in [0, 0.1) is 5.92 Å². The summed E-state index contributed by atoms with van der Waals surface area (Å²) >= 11 is 0. The zero-order chi connectivity index (χ0) is 15.4. The Labute approximate surface area is 131 Å². The molecule has 0 amide bonds. The van der Waals surface area contributed by atoms with Gasteiger partial charge in [-0.1, -0.05) is 26.7 Å². The first-order valence-electron chi connectivity index (χ1n) is 8.26. The number of rotatable bonds is 5. The average Bonchev–Trinajstić information content (AvgIpc) is 2.56. The maximum absolute atomic E-state index is 5.98. The van der Waals surface area contributed by atoms with Gasteiger partial charge in [0.1, 0.15) is 11.3 Å². The van der Waals surface area contributed by atoms with Crippen molar-refractivity contribution < 1.29 is 4.74 Å². The minimum Gasteiger partial charge on any atom is -0.378 e. The van der Waals surface area contributed by atoms with Gasteiger partial charge in [-0.25, -0.2) is 9.97 Å². The number of pyridine rings is 1. The Morgan fingerprint density at radius 3 is 2.86 bits per heavy atom. The fraction of sp³-hybridized carbons (Fsp3) is 0.588. The molecule has 2 unspecified atom stereocenters. The summed E-state index contributed by atoms with van der Waals surface area (Å²) < 4.78 is 5.98. The zero-order valence-electron chi connectivity index (χ0n) is 13.3. The van der Waals surface area contributed by atoms with Gasteiger partial charge in [0, 0.05) is 25.0 Å². The summed E-state index contributed by atoms with van der Waals surface area (Å²) in [6.45, 7) is 5.32. The van der Waals surface area contributed by atoms with E-state index in [1.54, 1.807) is 12.4 Å². The van der Waals surface area contributed by atoms with E-state index in [9.17, 15) is 0 Å². The minimum atomic E-state index is 0.362. The van der Waals surface area contributed by atoms with E-state index < -0.39 is 0 Å². The number of anilines is 1. The van der Waals surface area contributed by atoms with Gasteiger partial charge in [0.05, 0.1) is 6.10 Å². The van der Waals surface area contributed by atoms with Crippen LogP contribution in [0.4, 0.5) is 5.82 Å². The number of aromatic nitrogens is 3. The van der Waals surface area contributed by atoms with Crippen LogP contribution >= 0.6 is 0 Å². The first-order chi connectivity index (χ1) is 10.8. The highest BCUT2D eigenvalue weighted by molar-refractivity contribution is 5.71. The highest BCUT2D eigenvalue weighted by Gasteiger charge is 2.27. The molecule has 5 heteroatoms. The molecule has 0 saturated carbocycles. The molecular formula is C17H24N4O. The molecule has 0 aliphatic carbocycles.